The highest BCUT2D eigenvalue weighted by Crippen LogP contribution is 2.34. The molecular formula is C19H27N3O5. The summed E-state index contributed by atoms with van der Waals surface area (Å²) in [6, 6.07) is 1.86. The SMILES string of the molecule is CN1CCN(c2nc3c(cc2C(=O)O)CCC3)CC12CCOCC2.O=CO. The highest BCUT2D eigenvalue weighted by atomic mass is 16.5. The van der Waals surface area contributed by atoms with Crippen LogP contribution in [0.3, 0.4) is 0 Å². The minimum atomic E-state index is -0.868. The van der Waals surface area contributed by atoms with Crippen LogP contribution in [0.1, 0.15) is 40.9 Å². The summed E-state index contributed by atoms with van der Waals surface area (Å²) < 4.78 is 5.55. The highest BCUT2D eigenvalue weighted by Gasteiger charge is 2.42. The van der Waals surface area contributed by atoms with E-state index in [1.54, 1.807) is 0 Å². The molecule has 0 atom stereocenters. The summed E-state index contributed by atoms with van der Waals surface area (Å²) in [5.41, 5.74) is 2.65. The van der Waals surface area contributed by atoms with Gasteiger partial charge in [0.2, 0.25) is 0 Å². The molecule has 0 aromatic carbocycles. The molecule has 0 bridgehead atoms. The predicted molar refractivity (Wildman–Crippen MR) is 99.5 cm³/mol. The van der Waals surface area contributed by atoms with Crippen LogP contribution in [-0.2, 0) is 22.4 Å². The van der Waals surface area contributed by atoms with E-state index in [0.717, 1.165) is 76.2 Å². The van der Waals surface area contributed by atoms with E-state index >= 15 is 0 Å². The summed E-state index contributed by atoms with van der Waals surface area (Å²) in [6.07, 6.45) is 4.98. The van der Waals surface area contributed by atoms with Crippen molar-refractivity contribution in [2.45, 2.75) is 37.6 Å². The Balaban J connectivity index is 0.000000659. The van der Waals surface area contributed by atoms with Crippen molar-refractivity contribution in [2.75, 3.05) is 44.8 Å². The predicted octanol–water partition coefficient (Wildman–Crippen LogP) is 1.27. The normalized spacial score (nSPS) is 21.3. The minimum absolute atomic E-state index is 0.0764. The number of aromatic carboxylic acids is 1. The van der Waals surface area contributed by atoms with Crippen LogP contribution < -0.4 is 4.90 Å². The lowest BCUT2D eigenvalue weighted by molar-refractivity contribution is -0.122. The smallest absolute Gasteiger partial charge is 0.339 e. The van der Waals surface area contributed by atoms with Crippen LogP contribution >= 0.6 is 0 Å². The van der Waals surface area contributed by atoms with Crippen molar-refractivity contribution < 1.29 is 24.5 Å². The Hall–Kier alpha value is -2.19. The van der Waals surface area contributed by atoms with Crippen molar-refractivity contribution in [2.24, 2.45) is 0 Å². The molecule has 0 saturated carbocycles. The number of aryl methyl sites for hydroxylation is 2. The number of nitrogens with zero attached hydrogens (tertiary/aromatic N) is 3. The van der Waals surface area contributed by atoms with Gasteiger partial charge in [-0.25, -0.2) is 9.78 Å². The van der Waals surface area contributed by atoms with E-state index in [1.807, 2.05) is 6.07 Å². The van der Waals surface area contributed by atoms with Gasteiger partial charge >= 0.3 is 5.97 Å². The standard InChI is InChI=1S/C18H25N3O3.CH2O2/c1-20-7-8-21(12-18(20)5-9-24-10-6-18)16-14(17(22)23)11-13-3-2-4-15(13)19-16;2-1-3/h11H,2-10,12H2,1H3,(H,22,23);1H,(H,2,3). The summed E-state index contributed by atoms with van der Waals surface area (Å²) >= 11 is 0. The van der Waals surface area contributed by atoms with Gasteiger partial charge in [-0.1, -0.05) is 0 Å². The number of fused-ring (bicyclic) bond motifs is 1. The van der Waals surface area contributed by atoms with Crippen molar-refractivity contribution in [3.8, 4) is 0 Å². The van der Waals surface area contributed by atoms with Gasteiger partial charge in [0.1, 0.15) is 11.4 Å². The molecule has 0 amide bonds. The molecule has 2 aliphatic heterocycles. The second kappa shape index (κ2) is 8.22. The number of hydrogen-bond donors (Lipinski definition) is 2. The van der Waals surface area contributed by atoms with Gasteiger partial charge in [0.25, 0.3) is 6.47 Å². The summed E-state index contributed by atoms with van der Waals surface area (Å²) in [5.74, 6) is -0.200. The zero-order chi connectivity index (χ0) is 19.4. The lowest BCUT2D eigenvalue weighted by atomic mass is 9.86. The van der Waals surface area contributed by atoms with E-state index in [-0.39, 0.29) is 12.0 Å². The van der Waals surface area contributed by atoms with Crippen LogP contribution in [0, 0.1) is 0 Å². The molecule has 0 radical (unpaired) electrons. The lowest BCUT2D eigenvalue weighted by Gasteiger charge is -2.51. The summed E-state index contributed by atoms with van der Waals surface area (Å²) in [6.45, 7) is 3.89. The molecule has 4 rings (SSSR count). The van der Waals surface area contributed by atoms with Crippen molar-refractivity contribution >= 4 is 18.3 Å². The van der Waals surface area contributed by atoms with Gasteiger partial charge in [0.15, 0.2) is 0 Å². The Kier molecular flexibility index (Phi) is 5.96. The Labute approximate surface area is 158 Å². The number of anilines is 1. The average molecular weight is 377 g/mol. The second-order valence-corrected chi connectivity index (χ2v) is 7.41. The van der Waals surface area contributed by atoms with Gasteiger partial charge in [0, 0.05) is 44.1 Å². The van der Waals surface area contributed by atoms with E-state index < -0.39 is 5.97 Å². The molecule has 2 N–H and O–H groups in total. The van der Waals surface area contributed by atoms with Crippen LogP contribution in [0.5, 0.6) is 0 Å². The van der Waals surface area contributed by atoms with Crippen molar-refractivity contribution in [1.29, 1.82) is 0 Å². The molecule has 1 spiro atoms. The van der Waals surface area contributed by atoms with Gasteiger partial charge < -0.3 is 19.8 Å². The average Bonchev–Trinajstić information content (AvgIpc) is 3.12. The first-order valence-corrected chi connectivity index (χ1v) is 9.38. The first kappa shape index (κ1) is 19.6. The number of carbonyl (C=O) groups is 2. The van der Waals surface area contributed by atoms with Crippen LogP contribution in [0.4, 0.5) is 5.82 Å². The maximum absolute atomic E-state index is 11.8. The zero-order valence-electron chi connectivity index (χ0n) is 15.7. The van der Waals surface area contributed by atoms with Gasteiger partial charge in [-0.3, -0.25) is 9.69 Å². The largest absolute Gasteiger partial charge is 0.483 e. The van der Waals surface area contributed by atoms with E-state index in [2.05, 4.69) is 16.8 Å². The molecule has 27 heavy (non-hydrogen) atoms. The zero-order valence-corrected chi connectivity index (χ0v) is 15.7. The molecule has 3 aliphatic rings. The number of carboxylic acid groups (broad SMARTS) is 2. The van der Waals surface area contributed by atoms with Gasteiger partial charge in [0.05, 0.1) is 0 Å². The highest BCUT2D eigenvalue weighted by molar-refractivity contribution is 5.93. The van der Waals surface area contributed by atoms with Gasteiger partial charge in [-0.05, 0) is 50.8 Å². The molecule has 148 valence electrons. The second-order valence-electron chi connectivity index (χ2n) is 7.41. The molecule has 8 heteroatoms. The minimum Gasteiger partial charge on any atom is -0.483 e. The van der Waals surface area contributed by atoms with E-state index in [1.165, 1.54) is 0 Å². The number of carboxylic acids is 1. The Morgan fingerprint density at radius 3 is 2.67 bits per heavy atom. The first-order valence-electron chi connectivity index (χ1n) is 9.38. The fraction of sp³-hybridized carbons (Fsp3) is 0.632. The van der Waals surface area contributed by atoms with Crippen molar-refractivity contribution in [3.05, 3.63) is 22.9 Å². The third kappa shape index (κ3) is 3.91. The lowest BCUT2D eigenvalue weighted by Crippen LogP contribution is -2.63. The number of ether oxygens (including phenoxy) is 1. The van der Waals surface area contributed by atoms with Crippen LogP contribution in [0.25, 0.3) is 0 Å². The Morgan fingerprint density at radius 2 is 2.00 bits per heavy atom. The fourth-order valence-electron chi connectivity index (χ4n) is 4.39. The fourth-order valence-corrected chi connectivity index (χ4v) is 4.39. The molecule has 8 nitrogen and oxygen atoms in total. The monoisotopic (exact) mass is 377 g/mol. The first-order chi connectivity index (χ1) is 13.0. The Morgan fingerprint density at radius 1 is 1.30 bits per heavy atom. The number of rotatable bonds is 2. The summed E-state index contributed by atoms with van der Waals surface area (Å²) in [4.78, 5) is 29.6. The summed E-state index contributed by atoms with van der Waals surface area (Å²) in [7, 11) is 2.18. The van der Waals surface area contributed by atoms with Crippen molar-refractivity contribution in [3.63, 3.8) is 0 Å². The maximum Gasteiger partial charge on any atom is 0.339 e. The van der Waals surface area contributed by atoms with E-state index in [4.69, 9.17) is 19.6 Å². The number of hydrogen-bond acceptors (Lipinski definition) is 6. The van der Waals surface area contributed by atoms with Gasteiger partial charge in [-0.15, -0.1) is 0 Å². The number of pyridine rings is 1. The molecule has 1 aromatic rings. The Bertz CT molecular complexity index is 703. The van der Waals surface area contributed by atoms with Crippen LogP contribution in [0.15, 0.2) is 6.07 Å². The topological polar surface area (TPSA) is 103 Å². The number of aromatic nitrogens is 1. The van der Waals surface area contributed by atoms with Crippen LogP contribution in [0.2, 0.25) is 0 Å². The number of likely N-dealkylation sites (N-methyl/N-ethyl adjacent to an activating group) is 1. The third-order valence-electron chi connectivity index (χ3n) is 5.98. The molecule has 1 aromatic heterocycles. The van der Waals surface area contributed by atoms with Crippen molar-refractivity contribution in [1.82, 2.24) is 9.88 Å². The third-order valence-corrected chi connectivity index (χ3v) is 5.98. The van der Waals surface area contributed by atoms with E-state index in [9.17, 15) is 9.90 Å². The molecule has 1 aliphatic carbocycles. The molecule has 2 saturated heterocycles. The van der Waals surface area contributed by atoms with Crippen LogP contribution in [-0.4, -0.2) is 78.0 Å². The maximum atomic E-state index is 11.8. The van der Waals surface area contributed by atoms with E-state index in [0.29, 0.717) is 11.4 Å². The molecular weight excluding hydrogens is 350 g/mol. The molecule has 3 heterocycles. The quantitative estimate of drug-likeness (QED) is 0.743. The molecule has 2 fully saturated rings. The van der Waals surface area contributed by atoms with Gasteiger partial charge in [-0.2, -0.15) is 0 Å². The summed E-state index contributed by atoms with van der Waals surface area (Å²) in [5, 5.41) is 16.6. The number of piperazine rings is 1. The molecule has 0 unspecified atom stereocenters.